The highest BCUT2D eigenvalue weighted by molar-refractivity contribution is 6.04. The van der Waals surface area contributed by atoms with Gasteiger partial charge in [0.2, 0.25) is 0 Å². The Hall–Kier alpha value is -2.13. The van der Waals surface area contributed by atoms with Crippen LogP contribution in [0.4, 0.5) is 0 Å². The first-order valence-corrected chi connectivity index (χ1v) is 6.89. The molecule has 0 aromatic heterocycles. The Morgan fingerprint density at radius 3 is 2.55 bits per heavy atom. The molecule has 3 nitrogen and oxygen atoms in total. The molecule has 1 fully saturated rings. The van der Waals surface area contributed by atoms with Gasteiger partial charge in [0.25, 0.3) is 0 Å². The van der Waals surface area contributed by atoms with Crippen LogP contribution in [0.3, 0.4) is 0 Å². The largest absolute Gasteiger partial charge is 0.508 e. The standard InChI is InChI=1S/C17H17NO2/c19-14-7-5-12(6-8-14)15-3-1-2-4-16(15)17(20)13-9-10-18-11-13/h1-8,13,18-19H,9-11H2. The summed E-state index contributed by atoms with van der Waals surface area (Å²) in [5, 5.41) is 12.6. The first-order valence-electron chi connectivity index (χ1n) is 6.89. The van der Waals surface area contributed by atoms with Gasteiger partial charge in [-0.05, 0) is 36.2 Å². The SMILES string of the molecule is O=C(c1ccccc1-c1ccc(O)cc1)C1CCNC1. The molecule has 1 aliphatic rings. The van der Waals surface area contributed by atoms with E-state index in [1.54, 1.807) is 12.1 Å². The van der Waals surface area contributed by atoms with Crippen molar-refractivity contribution in [3.63, 3.8) is 0 Å². The van der Waals surface area contributed by atoms with Gasteiger partial charge in [0, 0.05) is 18.0 Å². The van der Waals surface area contributed by atoms with Gasteiger partial charge in [-0.25, -0.2) is 0 Å². The fourth-order valence-corrected chi connectivity index (χ4v) is 2.69. The molecule has 0 radical (unpaired) electrons. The zero-order valence-corrected chi connectivity index (χ0v) is 11.2. The summed E-state index contributed by atoms with van der Waals surface area (Å²) in [6.45, 7) is 1.68. The number of carbonyl (C=O) groups is 1. The lowest BCUT2D eigenvalue weighted by Crippen LogP contribution is -2.18. The van der Waals surface area contributed by atoms with Crippen molar-refractivity contribution in [1.29, 1.82) is 0 Å². The maximum atomic E-state index is 12.6. The average Bonchev–Trinajstić information content (AvgIpc) is 3.02. The Morgan fingerprint density at radius 2 is 1.85 bits per heavy atom. The van der Waals surface area contributed by atoms with E-state index in [-0.39, 0.29) is 17.5 Å². The van der Waals surface area contributed by atoms with E-state index < -0.39 is 0 Å². The normalized spacial score (nSPS) is 18.1. The van der Waals surface area contributed by atoms with Gasteiger partial charge in [0.15, 0.2) is 5.78 Å². The minimum absolute atomic E-state index is 0.0771. The molecular weight excluding hydrogens is 250 g/mol. The van der Waals surface area contributed by atoms with Gasteiger partial charge in [-0.1, -0.05) is 36.4 Å². The van der Waals surface area contributed by atoms with Crippen molar-refractivity contribution in [1.82, 2.24) is 5.32 Å². The van der Waals surface area contributed by atoms with Crippen LogP contribution in [0.15, 0.2) is 48.5 Å². The van der Waals surface area contributed by atoms with Gasteiger partial charge in [0.05, 0.1) is 0 Å². The van der Waals surface area contributed by atoms with E-state index >= 15 is 0 Å². The zero-order valence-electron chi connectivity index (χ0n) is 11.2. The summed E-state index contributed by atoms with van der Waals surface area (Å²) in [6.07, 6.45) is 0.906. The van der Waals surface area contributed by atoms with Crippen molar-refractivity contribution in [2.24, 2.45) is 5.92 Å². The molecule has 3 rings (SSSR count). The fraction of sp³-hybridized carbons (Fsp3) is 0.235. The van der Waals surface area contributed by atoms with Crippen LogP contribution >= 0.6 is 0 Å². The maximum Gasteiger partial charge on any atom is 0.167 e. The summed E-state index contributed by atoms with van der Waals surface area (Å²) in [7, 11) is 0. The van der Waals surface area contributed by atoms with E-state index in [2.05, 4.69) is 5.32 Å². The molecule has 0 saturated carbocycles. The molecule has 0 aliphatic carbocycles. The van der Waals surface area contributed by atoms with Gasteiger partial charge < -0.3 is 10.4 Å². The fourth-order valence-electron chi connectivity index (χ4n) is 2.69. The minimum atomic E-state index is 0.0771. The Bertz CT molecular complexity index is 613. The molecule has 2 aromatic carbocycles. The number of benzene rings is 2. The number of nitrogens with one attached hydrogen (secondary N) is 1. The monoisotopic (exact) mass is 267 g/mol. The molecule has 3 heteroatoms. The van der Waals surface area contributed by atoms with Crippen LogP contribution in [0.25, 0.3) is 11.1 Å². The summed E-state index contributed by atoms with van der Waals surface area (Å²) < 4.78 is 0. The molecule has 0 bridgehead atoms. The number of hydrogen-bond donors (Lipinski definition) is 2. The quantitative estimate of drug-likeness (QED) is 0.841. The minimum Gasteiger partial charge on any atom is -0.508 e. The third-order valence-corrected chi connectivity index (χ3v) is 3.80. The number of Topliss-reactive ketones (excluding diaryl/α,β-unsaturated/α-hetero) is 1. The first kappa shape index (κ1) is 12.9. The van der Waals surface area contributed by atoms with Crippen LogP contribution in [0, 0.1) is 5.92 Å². The van der Waals surface area contributed by atoms with Crippen LogP contribution in [0.2, 0.25) is 0 Å². The third kappa shape index (κ3) is 2.45. The summed E-state index contributed by atoms with van der Waals surface area (Å²) in [5.74, 6) is 0.518. The highest BCUT2D eigenvalue weighted by Gasteiger charge is 2.25. The number of hydrogen-bond acceptors (Lipinski definition) is 3. The Labute approximate surface area is 118 Å². The van der Waals surface area contributed by atoms with Crippen LogP contribution in [-0.2, 0) is 0 Å². The molecule has 1 heterocycles. The molecule has 1 unspecified atom stereocenters. The number of ketones is 1. The lowest BCUT2D eigenvalue weighted by Gasteiger charge is -2.12. The number of carbonyl (C=O) groups excluding carboxylic acids is 1. The highest BCUT2D eigenvalue weighted by Crippen LogP contribution is 2.28. The molecule has 0 spiro atoms. The van der Waals surface area contributed by atoms with Crippen LogP contribution in [0.5, 0.6) is 5.75 Å². The maximum absolute atomic E-state index is 12.6. The molecule has 2 N–H and O–H groups in total. The molecular formula is C17H17NO2. The topological polar surface area (TPSA) is 49.3 Å². The predicted molar refractivity (Wildman–Crippen MR) is 78.9 cm³/mol. The molecule has 2 aromatic rings. The highest BCUT2D eigenvalue weighted by atomic mass is 16.3. The number of phenols is 1. The number of phenolic OH excluding ortho intramolecular Hbond substituents is 1. The summed E-state index contributed by atoms with van der Waals surface area (Å²) in [5.41, 5.74) is 2.66. The first-order chi connectivity index (χ1) is 9.75. The van der Waals surface area contributed by atoms with Gasteiger partial charge in [-0.2, -0.15) is 0 Å². The van der Waals surface area contributed by atoms with Gasteiger partial charge in [-0.3, -0.25) is 4.79 Å². The molecule has 1 saturated heterocycles. The lowest BCUT2D eigenvalue weighted by molar-refractivity contribution is 0.0931. The van der Waals surface area contributed by atoms with Gasteiger partial charge >= 0.3 is 0 Å². The van der Waals surface area contributed by atoms with E-state index in [0.29, 0.717) is 0 Å². The molecule has 0 amide bonds. The molecule has 20 heavy (non-hydrogen) atoms. The molecule has 1 aliphatic heterocycles. The second kappa shape index (κ2) is 5.47. The van der Waals surface area contributed by atoms with E-state index in [1.807, 2.05) is 36.4 Å². The zero-order chi connectivity index (χ0) is 13.9. The second-order valence-electron chi connectivity index (χ2n) is 5.15. The van der Waals surface area contributed by atoms with Gasteiger partial charge in [-0.15, -0.1) is 0 Å². The van der Waals surface area contributed by atoms with E-state index in [1.165, 1.54) is 0 Å². The average molecular weight is 267 g/mol. The lowest BCUT2D eigenvalue weighted by atomic mass is 9.90. The Balaban J connectivity index is 1.99. The van der Waals surface area contributed by atoms with Crippen LogP contribution < -0.4 is 5.32 Å². The van der Waals surface area contributed by atoms with Crippen molar-refractivity contribution >= 4 is 5.78 Å². The number of rotatable bonds is 3. The van der Waals surface area contributed by atoms with E-state index in [0.717, 1.165) is 36.2 Å². The summed E-state index contributed by atoms with van der Waals surface area (Å²) >= 11 is 0. The summed E-state index contributed by atoms with van der Waals surface area (Å²) in [4.78, 5) is 12.6. The molecule has 102 valence electrons. The third-order valence-electron chi connectivity index (χ3n) is 3.80. The van der Waals surface area contributed by atoms with Crippen LogP contribution in [-0.4, -0.2) is 24.0 Å². The van der Waals surface area contributed by atoms with Crippen molar-refractivity contribution in [2.75, 3.05) is 13.1 Å². The smallest absolute Gasteiger partial charge is 0.167 e. The Morgan fingerprint density at radius 1 is 1.10 bits per heavy atom. The van der Waals surface area contributed by atoms with Crippen molar-refractivity contribution in [2.45, 2.75) is 6.42 Å². The van der Waals surface area contributed by atoms with Crippen molar-refractivity contribution < 1.29 is 9.90 Å². The molecule has 1 atom stereocenters. The van der Waals surface area contributed by atoms with Crippen molar-refractivity contribution in [3.05, 3.63) is 54.1 Å². The predicted octanol–water partition coefficient (Wildman–Crippen LogP) is 2.85. The van der Waals surface area contributed by atoms with E-state index in [4.69, 9.17) is 0 Å². The second-order valence-corrected chi connectivity index (χ2v) is 5.15. The summed E-state index contributed by atoms with van der Waals surface area (Å²) in [6, 6.07) is 14.7. The van der Waals surface area contributed by atoms with E-state index in [9.17, 15) is 9.90 Å². The Kier molecular flexibility index (Phi) is 3.52. The van der Waals surface area contributed by atoms with Crippen LogP contribution in [0.1, 0.15) is 16.8 Å². The number of aromatic hydroxyl groups is 1. The van der Waals surface area contributed by atoms with Gasteiger partial charge in [0.1, 0.15) is 5.75 Å². The van der Waals surface area contributed by atoms with Crippen molar-refractivity contribution in [3.8, 4) is 16.9 Å².